The predicted molar refractivity (Wildman–Crippen MR) is 58.4 cm³/mol. The van der Waals surface area contributed by atoms with Crippen molar-refractivity contribution >= 4 is 0 Å². The number of benzene rings is 1. The van der Waals surface area contributed by atoms with Gasteiger partial charge in [0.1, 0.15) is 5.75 Å². The second-order valence-corrected chi connectivity index (χ2v) is 4.47. The Morgan fingerprint density at radius 1 is 0.826 bits per heavy atom. The summed E-state index contributed by atoms with van der Waals surface area (Å²) in [6.45, 7) is -1.64. The highest BCUT2D eigenvalue weighted by molar-refractivity contribution is 5.33. The minimum Gasteiger partial charge on any atom is -0.405 e. The van der Waals surface area contributed by atoms with Crippen molar-refractivity contribution in [2.45, 2.75) is 37.8 Å². The van der Waals surface area contributed by atoms with Crippen LogP contribution < -0.4 is 4.74 Å². The average molecular weight is 356 g/mol. The van der Waals surface area contributed by atoms with Crippen LogP contribution in [0.15, 0.2) is 24.3 Å². The Morgan fingerprint density at radius 3 is 1.74 bits per heavy atom. The Balaban J connectivity index is 3.05. The molecule has 0 aliphatic carbocycles. The fraction of sp³-hybridized carbons (Fsp3) is 0.500. The van der Waals surface area contributed by atoms with E-state index in [1.807, 2.05) is 0 Å². The number of rotatable bonds is 4. The summed E-state index contributed by atoms with van der Waals surface area (Å²) < 4.78 is 120. The van der Waals surface area contributed by atoms with E-state index in [4.69, 9.17) is 0 Å². The fourth-order valence-electron chi connectivity index (χ4n) is 1.39. The van der Waals surface area contributed by atoms with Gasteiger partial charge in [0.25, 0.3) is 5.60 Å². The summed E-state index contributed by atoms with van der Waals surface area (Å²) in [7, 11) is 0. The Kier molecular flexibility index (Phi) is 5.14. The summed E-state index contributed by atoms with van der Waals surface area (Å²) >= 11 is 0. The second-order valence-electron chi connectivity index (χ2n) is 4.47. The number of hydrogen-bond acceptors (Lipinski definition) is 2. The van der Waals surface area contributed by atoms with Crippen molar-refractivity contribution in [2.24, 2.45) is 0 Å². The maximum absolute atomic E-state index is 12.6. The SMILES string of the molecule is CC(OCc1ccccc1OC(F)(F)F)(C(F)(F)F)C(F)(F)F. The van der Waals surface area contributed by atoms with E-state index in [2.05, 4.69) is 9.47 Å². The van der Waals surface area contributed by atoms with Crippen molar-refractivity contribution in [3.05, 3.63) is 29.8 Å². The standard InChI is InChI=1S/C12H9F9O2/c1-9(10(13,14)15,11(16,17)18)22-6-7-4-2-3-5-8(7)23-12(19,20)21/h2-5H,6H2,1H3. The number of hydrogen-bond donors (Lipinski definition) is 0. The Morgan fingerprint density at radius 2 is 1.30 bits per heavy atom. The monoisotopic (exact) mass is 356 g/mol. The zero-order valence-electron chi connectivity index (χ0n) is 11.2. The van der Waals surface area contributed by atoms with Gasteiger partial charge in [0, 0.05) is 5.56 Å². The van der Waals surface area contributed by atoms with Gasteiger partial charge in [0.15, 0.2) is 0 Å². The molecule has 0 bridgehead atoms. The summed E-state index contributed by atoms with van der Waals surface area (Å²) in [5.74, 6) is -0.952. The smallest absolute Gasteiger partial charge is 0.405 e. The van der Waals surface area contributed by atoms with Gasteiger partial charge in [-0.15, -0.1) is 13.2 Å². The van der Waals surface area contributed by atoms with Crippen LogP contribution in [0.2, 0.25) is 0 Å². The summed E-state index contributed by atoms with van der Waals surface area (Å²) in [5, 5.41) is 0. The van der Waals surface area contributed by atoms with Gasteiger partial charge < -0.3 is 9.47 Å². The van der Waals surface area contributed by atoms with Crippen LogP contribution in [-0.2, 0) is 11.3 Å². The Bertz CT molecular complexity index is 517. The van der Waals surface area contributed by atoms with Crippen LogP contribution in [0.4, 0.5) is 39.5 Å². The van der Waals surface area contributed by atoms with E-state index >= 15 is 0 Å². The summed E-state index contributed by atoms with van der Waals surface area (Å²) in [6, 6.07) is 3.77. The quantitative estimate of drug-likeness (QED) is 0.708. The van der Waals surface area contributed by atoms with Crippen molar-refractivity contribution in [1.82, 2.24) is 0 Å². The van der Waals surface area contributed by atoms with Gasteiger partial charge in [-0.05, 0) is 13.0 Å². The maximum atomic E-state index is 12.6. The van der Waals surface area contributed by atoms with Crippen molar-refractivity contribution in [1.29, 1.82) is 0 Å². The molecule has 2 nitrogen and oxygen atoms in total. The van der Waals surface area contributed by atoms with Gasteiger partial charge in [-0.1, -0.05) is 18.2 Å². The van der Waals surface area contributed by atoms with Crippen LogP contribution >= 0.6 is 0 Å². The molecule has 0 saturated carbocycles. The zero-order valence-corrected chi connectivity index (χ0v) is 11.2. The Labute approximate surface area is 123 Å². The molecule has 0 saturated heterocycles. The third kappa shape index (κ3) is 4.66. The second kappa shape index (κ2) is 6.10. The summed E-state index contributed by atoms with van der Waals surface area (Å²) in [5.41, 5.74) is -5.16. The van der Waals surface area contributed by atoms with Gasteiger partial charge in [-0.3, -0.25) is 0 Å². The lowest BCUT2D eigenvalue weighted by Crippen LogP contribution is -2.56. The van der Waals surface area contributed by atoms with Crippen molar-refractivity contribution in [3.8, 4) is 5.75 Å². The summed E-state index contributed by atoms with van der Waals surface area (Å²) in [4.78, 5) is 0. The highest BCUT2D eigenvalue weighted by Gasteiger charge is 2.69. The van der Waals surface area contributed by atoms with E-state index in [1.54, 1.807) is 0 Å². The molecular formula is C12H9F9O2. The van der Waals surface area contributed by atoms with E-state index in [0.717, 1.165) is 24.3 Å². The zero-order chi connectivity index (χ0) is 18.1. The van der Waals surface area contributed by atoms with Crippen LogP contribution in [0.1, 0.15) is 12.5 Å². The molecular weight excluding hydrogens is 347 g/mol. The minimum absolute atomic E-state index is 0.250. The van der Waals surface area contributed by atoms with Gasteiger partial charge in [0.2, 0.25) is 0 Å². The molecule has 1 rings (SSSR count). The molecule has 0 amide bonds. The molecule has 11 heteroatoms. The number of para-hydroxylation sites is 1. The van der Waals surface area contributed by atoms with E-state index < -0.39 is 42.2 Å². The van der Waals surface area contributed by atoms with Crippen molar-refractivity contribution in [2.75, 3.05) is 0 Å². The molecule has 0 aliphatic rings. The van der Waals surface area contributed by atoms with Crippen LogP contribution in [0.3, 0.4) is 0 Å². The molecule has 1 aromatic carbocycles. The van der Waals surface area contributed by atoms with Crippen LogP contribution in [0.5, 0.6) is 5.75 Å². The third-order valence-corrected chi connectivity index (χ3v) is 2.80. The molecule has 0 aromatic heterocycles. The number of halogens is 9. The van der Waals surface area contributed by atoms with Crippen molar-refractivity contribution in [3.63, 3.8) is 0 Å². The van der Waals surface area contributed by atoms with Gasteiger partial charge in [0.05, 0.1) is 6.61 Å². The van der Waals surface area contributed by atoms with E-state index in [-0.39, 0.29) is 6.92 Å². The lowest BCUT2D eigenvalue weighted by atomic mass is 10.1. The largest absolute Gasteiger partial charge is 0.573 e. The maximum Gasteiger partial charge on any atom is 0.573 e. The van der Waals surface area contributed by atoms with Crippen LogP contribution in [-0.4, -0.2) is 24.3 Å². The topological polar surface area (TPSA) is 18.5 Å². The van der Waals surface area contributed by atoms with E-state index in [1.165, 1.54) is 0 Å². The minimum atomic E-state index is -5.81. The molecule has 0 radical (unpaired) electrons. The molecule has 0 aliphatic heterocycles. The lowest BCUT2D eigenvalue weighted by Gasteiger charge is -2.33. The fourth-order valence-corrected chi connectivity index (χ4v) is 1.39. The molecule has 1 aromatic rings. The first-order valence-electron chi connectivity index (χ1n) is 5.78. The first kappa shape index (κ1) is 19.4. The first-order valence-corrected chi connectivity index (χ1v) is 5.78. The Hall–Kier alpha value is -1.65. The summed E-state index contributed by atoms with van der Waals surface area (Å²) in [6.07, 6.45) is -16.8. The molecule has 0 fully saturated rings. The highest BCUT2D eigenvalue weighted by Crippen LogP contribution is 2.46. The number of alkyl halides is 9. The molecule has 0 heterocycles. The molecule has 0 atom stereocenters. The van der Waals surface area contributed by atoms with Crippen LogP contribution in [0.25, 0.3) is 0 Å². The molecule has 0 unspecified atom stereocenters. The van der Waals surface area contributed by atoms with E-state index in [9.17, 15) is 39.5 Å². The van der Waals surface area contributed by atoms with E-state index in [0.29, 0.717) is 0 Å². The van der Waals surface area contributed by atoms with Gasteiger partial charge >= 0.3 is 18.7 Å². The average Bonchev–Trinajstić information content (AvgIpc) is 2.32. The third-order valence-electron chi connectivity index (χ3n) is 2.80. The molecule has 0 N–H and O–H groups in total. The molecule has 0 spiro atoms. The molecule has 23 heavy (non-hydrogen) atoms. The highest BCUT2D eigenvalue weighted by atomic mass is 19.4. The first-order chi connectivity index (χ1) is 10.2. The predicted octanol–water partition coefficient (Wildman–Crippen LogP) is 4.99. The number of ether oxygens (including phenoxy) is 2. The normalized spacial score (nSPS) is 14.0. The molecule has 132 valence electrons. The van der Waals surface area contributed by atoms with Gasteiger partial charge in [-0.25, -0.2) is 0 Å². The van der Waals surface area contributed by atoms with Crippen LogP contribution in [0, 0.1) is 0 Å². The lowest BCUT2D eigenvalue weighted by molar-refractivity contribution is -0.377. The van der Waals surface area contributed by atoms with Gasteiger partial charge in [-0.2, -0.15) is 26.3 Å². The van der Waals surface area contributed by atoms with Crippen molar-refractivity contribution < 1.29 is 49.0 Å².